The van der Waals surface area contributed by atoms with Crippen LogP contribution in [0.4, 0.5) is 4.79 Å². The molecule has 1 fully saturated rings. The lowest BCUT2D eigenvalue weighted by Crippen LogP contribution is -2.42. The summed E-state index contributed by atoms with van der Waals surface area (Å²) in [5, 5.41) is 2.96. The summed E-state index contributed by atoms with van der Waals surface area (Å²) in [6.07, 6.45) is 6.31. The third-order valence-corrected chi connectivity index (χ3v) is 4.61. The molecule has 126 valence electrons. The lowest BCUT2D eigenvalue weighted by atomic mass is 10.2. The van der Waals surface area contributed by atoms with Gasteiger partial charge in [0.25, 0.3) is 0 Å². The molecule has 0 spiro atoms. The molecule has 3 amide bonds. The molecule has 0 bridgehead atoms. The smallest absolute Gasteiger partial charge is 0.317 e. The Kier molecular flexibility index (Phi) is 4.83. The number of hydrogen-bond acceptors (Lipinski definition) is 3. The van der Waals surface area contributed by atoms with Gasteiger partial charge in [-0.1, -0.05) is 0 Å². The van der Waals surface area contributed by atoms with Gasteiger partial charge in [0.15, 0.2) is 0 Å². The third kappa shape index (κ3) is 3.83. The first-order chi connectivity index (χ1) is 11.1. The van der Waals surface area contributed by atoms with Crippen molar-refractivity contribution < 1.29 is 9.59 Å². The topological polar surface area (TPSA) is 70.5 Å². The minimum Gasteiger partial charge on any atom is -0.341 e. The third-order valence-electron chi connectivity index (χ3n) is 4.61. The van der Waals surface area contributed by atoms with Crippen LogP contribution in [0.15, 0.2) is 6.20 Å². The van der Waals surface area contributed by atoms with Gasteiger partial charge >= 0.3 is 6.03 Å². The summed E-state index contributed by atoms with van der Waals surface area (Å²) < 4.78 is 2.20. The van der Waals surface area contributed by atoms with Crippen molar-refractivity contribution >= 4 is 11.9 Å². The Bertz CT molecular complexity index is 560. The van der Waals surface area contributed by atoms with E-state index in [4.69, 9.17) is 0 Å². The van der Waals surface area contributed by atoms with Gasteiger partial charge in [0.1, 0.15) is 5.82 Å². The normalized spacial score (nSPS) is 18.3. The highest BCUT2D eigenvalue weighted by Crippen LogP contribution is 2.14. The lowest BCUT2D eigenvalue weighted by Gasteiger charge is -2.21. The molecule has 0 aliphatic carbocycles. The maximum Gasteiger partial charge on any atom is 0.317 e. The summed E-state index contributed by atoms with van der Waals surface area (Å²) in [5.74, 6) is 1.21. The number of carbonyl (C=O) groups is 2. The van der Waals surface area contributed by atoms with Crippen molar-refractivity contribution in [2.75, 3.05) is 26.2 Å². The molecule has 2 aliphatic heterocycles. The number of amides is 3. The van der Waals surface area contributed by atoms with Crippen molar-refractivity contribution in [1.29, 1.82) is 0 Å². The van der Waals surface area contributed by atoms with Crippen molar-refractivity contribution in [2.45, 2.75) is 45.7 Å². The molecule has 3 rings (SSSR count). The maximum atomic E-state index is 12.3. The number of fused-ring (bicyclic) bond motifs is 1. The predicted octanol–water partition coefficient (Wildman–Crippen LogP) is 0.983. The Morgan fingerprint density at radius 1 is 1.09 bits per heavy atom. The molecular formula is C16H25N5O2. The van der Waals surface area contributed by atoms with Crippen LogP contribution in [0.5, 0.6) is 0 Å². The number of carbonyl (C=O) groups excluding carboxylic acids is 2. The Balaban J connectivity index is 1.51. The van der Waals surface area contributed by atoms with E-state index in [2.05, 4.69) is 21.1 Å². The molecule has 7 nitrogen and oxygen atoms in total. The first kappa shape index (κ1) is 15.8. The number of aryl methyl sites for hydroxylation is 2. The van der Waals surface area contributed by atoms with Gasteiger partial charge in [-0.25, -0.2) is 9.78 Å². The number of urea groups is 1. The van der Waals surface area contributed by atoms with Gasteiger partial charge in [-0.15, -0.1) is 0 Å². The molecule has 0 saturated carbocycles. The van der Waals surface area contributed by atoms with E-state index in [0.717, 1.165) is 37.4 Å². The highest BCUT2D eigenvalue weighted by Gasteiger charge is 2.20. The Morgan fingerprint density at radius 2 is 1.87 bits per heavy atom. The quantitative estimate of drug-likeness (QED) is 0.883. The maximum absolute atomic E-state index is 12.3. The first-order valence-corrected chi connectivity index (χ1v) is 8.46. The molecule has 1 aromatic heterocycles. The van der Waals surface area contributed by atoms with E-state index in [1.54, 1.807) is 16.7 Å². The fourth-order valence-corrected chi connectivity index (χ4v) is 3.27. The summed E-state index contributed by atoms with van der Waals surface area (Å²) >= 11 is 0. The molecule has 1 N–H and O–H groups in total. The number of nitrogens with zero attached hydrogens (tertiary/aromatic N) is 4. The van der Waals surface area contributed by atoms with Crippen LogP contribution >= 0.6 is 0 Å². The number of nitrogens with one attached hydrogen (secondary N) is 1. The number of aromatic nitrogens is 2. The molecule has 0 unspecified atom stereocenters. The summed E-state index contributed by atoms with van der Waals surface area (Å²) in [7, 11) is 0. The van der Waals surface area contributed by atoms with Crippen LogP contribution in [0.25, 0.3) is 0 Å². The van der Waals surface area contributed by atoms with Crippen LogP contribution < -0.4 is 5.32 Å². The minimum absolute atomic E-state index is 0.0682. The van der Waals surface area contributed by atoms with Gasteiger partial charge in [0, 0.05) is 52.3 Å². The summed E-state index contributed by atoms with van der Waals surface area (Å²) in [6.45, 7) is 5.69. The molecule has 0 aromatic carbocycles. The zero-order chi connectivity index (χ0) is 16.2. The lowest BCUT2D eigenvalue weighted by molar-refractivity contribution is -0.128. The van der Waals surface area contributed by atoms with Crippen LogP contribution in [0.1, 0.15) is 37.7 Å². The van der Waals surface area contributed by atoms with Crippen LogP contribution in [0.3, 0.4) is 0 Å². The molecule has 0 atom stereocenters. The average Bonchev–Trinajstić information content (AvgIpc) is 2.79. The zero-order valence-corrected chi connectivity index (χ0v) is 13.8. The van der Waals surface area contributed by atoms with Crippen molar-refractivity contribution in [3.8, 4) is 0 Å². The van der Waals surface area contributed by atoms with E-state index in [-0.39, 0.29) is 11.9 Å². The van der Waals surface area contributed by atoms with E-state index in [9.17, 15) is 9.59 Å². The van der Waals surface area contributed by atoms with Crippen LogP contribution in [0.2, 0.25) is 0 Å². The molecule has 23 heavy (non-hydrogen) atoms. The van der Waals surface area contributed by atoms with Gasteiger partial charge in [-0.05, 0) is 19.3 Å². The predicted molar refractivity (Wildman–Crippen MR) is 85.8 cm³/mol. The van der Waals surface area contributed by atoms with E-state index in [0.29, 0.717) is 26.2 Å². The molecule has 7 heteroatoms. The van der Waals surface area contributed by atoms with Crippen molar-refractivity contribution in [3.05, 3.63) is 17.7 Å². The van der Waals surface area contributed by atoms with Crippen LogP contribution in [0, 0.1) is 0 Å². The average molecular weight is 319 g/mol. The van der Waals surface area contributed by atoms with Crippen molar-refractivity contribution in [2.24, 2.45) is 0 Å². The van der Waals surface area contributed by atoms with Crippen molar-refractivity contribution in [3.63, 3.8) is 0 Å². The van der Waals surface area contributed by atoms with E-state index in [1.807, 2.05) is 0 Å². The fourth-order valence-electron chi connectivity index (χ4n) is 3.27. The SMILES string of the molecule is CC(=O)N1CCCN(C(=O)NCc2cn3c(n2)CCCC3)CC1. The van der Waals surface area contributed by atoms with Gasteiger partial charge in [0.2, 0.25) is 5.91 Å². The van der Waals surface area contributed by atoms with Crippen LogP contribution in [-0.2, 0) is 24.3 Å². The number of hydrogen-bond donors (Lipinski definition) is 1. The van der Waals surface area contributed by atoms with E-state index in [1.165, 1.54) is 12.8 Å². The van der Waals surface area contributed by atoms with Gasteiger partial charge in [-0.2, -0.15) is 0 Å². The second-order valence-corrected chi connectivity index (χ2v) is 6.30. The molecular weight excluding hydrogens is 294 g/mol. The molecule has 1 aromatic rings. The number of imidazole rings is 1. The molecule has 0 radical (unpaired) electrons. The number of rotatable bonds is 2. The summed E-state index contributed by atoms with van der Waals surface area (Å²) in [4.78, 5) is 31.9. The molecule has 3 heterocycles. The van der Waals surface area contributed by atoms with E-state index < -0.39 is 0 Å². The Morgan fingerprint density at radius 3 is 2.65 bits per heavy atom. The minimum atomic E-state index is -0.0682. The highest BCUT2D eigenvalue weighted by molar-refractivity contribution is 5.75. The Labute approximate surface area is 136 Å². The second-order valence-electron chi connectivity index (χ2n) is 6.30. The summed E-state index contributed by atoms with van der Waals surface area (Å²) in [5.41, 5.74) is 0.926. The second kappa shape index (κ2) is 7.02. The standard InChI is InChI=1S/C16H25N5O2/c1-13(22)19-7-4-8-20(10-9-19)16(23)17-11-14-12-21-6-3-2-5-15(21)18-14/h12H,2-11H2,1H3,(H,17,23). The van der Waals surface area contributed by atoms with Crippen molar-refractivity contribution in [1.82, 2.24) is 24.7 Å². The molecule has 2 aliphatic rings. The highest BCUT2D eigenvalue weighted by atomic mass is 16.2. The zero-order valence-electron chi connectivity index (χ0n) is 13.8. The van der Waals surface area contributed by atoms with Gasteiger partial charge in [0.05, 0.1) is 12.2 Å². The largest absolute Gasteiger partial charge is 0.341 e. The van der Waals surface area contributed by atoms with Gasteiger partial charge in [-0.3, -0.25) is 4.79 Å². The molecule has 1 saturated heterocycles. The van der Waals surface area contributed by atoms with Gasteiger partial charge < -0.3 is 19.7 Å². The summed E-state index contributed by atoms with van der Waals surface area (Å²) in [6, 6.07) is -0.0682. The monoisotopic (exact) mass is 319 g/mol. The van der Waals surface area contributed by atoms with Crippen LogP contribution in [-0.4, -0.2) is 57.5 Å². The first-order valence-electron chi connectivity index (χ1n) is 8.46. The van der Waals surface area contributed by atoms with E-state index >= 15 is 0 Å². The Hall–Kier alpha value is -2.05. The fraction of sp³-hybridized carbons (Fsp3) is 0.688.